The molecule has 0 heterocycles. The van der Waals surface area contributed by atoms with Crippen molar-refractivity contribution in [3.8, 4) is 0 Å². The molecule has 1 fully saturated rings. The van der Waals surface area contributed by atoms with Crippen LogP contribution in [0.3, 0.4) is 0 Å². The first-order valence-electron chi connectivity index (χ1n) is 4.76. The Bertz CT molecular complexity index is 212. The molecule has 0 unspecified atom stereocenters. The summed E-state index contributed by atoms with van der Waals surface area (Å²) in [4.78, 5) is 11.2. The summed E-state index contributed by atoms with van der Waals surface area (Å²) in [6, 6.07) is 0. The predicted molar refractivity (Wildman–Crippen MR) is 45.7 cm³/mol. The lowest BCUT2D eigenvalue weighted by Gasteiger charge is -2.21. The maximum Gasteiger partial charge on any atom is 0.334 e. The molecule has 0 atom stereocenters. The van der Waals surface area contributed by atoms with E-state index >= 15 is 0 Å². The van der Waals surface area contributed by atoms with Gasteiger partial charge in [0, 0.05) is 5.57 Å². The third-order valence-corrected chi connectivity index (χ3v) is 2.50. The van der Waals surface area contributed by atoms with Gasteiger partial charge in [-0.15, -0.1) is 0 Å². The SMILES string of the molecule is O=C(OC1CCCCC1)C1=CC1. The Balaban J connectivity index is 1.76. The summed E-state index contributed by atoms with van der Waals surface area (Å²) < 4.78 is 5.31. The standard InChI is InChI=1S/C10H14O2/c11-10(8-6-7-8)12-9-4-2-1-3-5-9/h6,9H,1-5,7H2. The Kier molecular flexibility index (Phi) is 2.15. The minimum atomic E-state index is -0.0677. The number of carbonyl (C=O) groups excluding carboxylic acids is 1. The van der Waals surface area contributed by atoms with Crippen LogP contribution in [0.25, 0.3) is 0 Å². The van der Waals surface area contributed by atoms with E-state index in [-0.39, 0.29) is 12.1 Å². The van der Waals surface area contributed by atoms with E-state index in [0.29, 0.717) is 0 Å². The van der Waals surface area contributed by atoms with E-state index in [9.17, 15) is 4.79 Å². The molecule has 0 aromatic rings. The zero-order valence-electron chi connectivity index (χ0n) is 7.21. The van der Waals surface area contributed by atoms with E-state index in [4.69, 9.17) is 4.74 Å². The van der Waals surface area contributed by atoms with Crippen molar-refractivity contribution < 1.29 is 9.53 Å². The van der Waals surface area contributed by atoms with Gasteiger partial charge in [0.1, 0.15) is 6.10 Å². The van der Waals surface area contributed by atoms with Gasteiger partial charge in [-0.3, -0.25) is 0 Å². The number of rotatable bonds is 2. The van der Waals surface area contributed by atoms with Crippen LogP contribution in [0.2, 0.25) is 0 Å². The van der Waals surface area contributed by atoms with E-state index in [2.05, 4.69) is 0 Å². The monoisotopic (exact) mass is 166 g/mol. The maximum atomic E-state index is 11.2. The number of carbonyl (C=O) groups is 1. The van der Waals surface area contributed by atoms with Gasteiger partial charge in [0.15, 0.2) is 0 Å². The van der Waals surface area contributed by atoms with Crippen LogP contribution < -0.4 is 0 Å². The molecule has 0 aromatic heterocycles. The van der Waals surface area contributed by atoms with E-state index in [1.165, 1.54) is 19.3 Å². The highest BCUT2D eigenvalue weighted by Gasteiger charge is 2.23. The van der Waals surface area contributed by atoms with Gasteiger partial charge in [-0.1, -0.05) is 12.5 Å². The fourth-order valence-electron chi connectivity index (χ4n) is 1.63. The fraction of sp³-hybridized carbons (Fsp3) is 0.700. The van der Waals surface area contributed by atoms with Crippen molar-refractivity contribution >= 4 is 5.97 Å². The summed E-state index contributed by atoms with van der Waals surface area (Å²) in [5.74, 6) is -0.0677. The molecular formula is C10H14O2. The Morgan fingerprint density at radius 3 is 2.58 bits per heavy atom. The first-order chi connectivity index (χ1) is 5.86. The van der Waals surface area contributed by atoms with Crippen molar-refractivity contribution in [1.29, 1.82) is 0 Å². The van der Waals surface area contributed by atoms with Crippen LogP contribution in [0.15, 0.2) is 11.6 Å². The molecule has 0 aromatic carbocycles. The summed E-state index contributed by atoms with van der Waals surface area (Å²) in [5.41, 5.74) is 0.876. The van der Waals surface area contributed by atoms with Crippen molar-refractivity contribution in [1.82, 2.24) is 0 Å². The van der Waals surface area contributed by atoms with Gasteiger partial charge in [-0.2, -0.15) is 0 Å². The fourth-order valence-corrected chi connectivity index (χ4v) is 1.63. The molecular weight excluding hydrogens is 152 g/mol. The highest BCUT2D eigenvalue weighted by molar-refractivity contribution is 5.93. The summed E-state index contributed by atoms with van der Waals surface area (Å²) in [6.45, 7) is 0. The van der Waals surface area contributed by atoms with Gasteiger partial charge in [0.2, 0.25) is 0 Å². The van der Waals surface area contributed by atoms with E-state index < -0.39 is 0 Å². The minimum absolute atomic E-state index is 0.0677. The molecule has 0 saturated heterocycles. The highest BCUT2D eigenvalue weighted by Crippen LogP contribution is 2.25. The maximum absolute atomic E-state index is 11.2. The van der Waals surface area contributed by atoms with E-state index in [1.54, 1.807) is 0 Å². The molecule has 0 N–H and O–H groups in total. The molecule has 2 aliphatic carbocycles. The van der Waals surface area contributed by atoms with Crippen LogP contribution >= 0.6 is 0 Å². The van der Waals surface area contributed by atoms with Crippen molar-refractivity contribution in [3.05, 3.63) is 11.6 Å². The van der Waals surface area contributed by atoms with Crippen molar-refractivity contribution in [2.45, 2.75) is 44.6 Å². The molecule has 2 heteroatoms. The second-order valence-electron chi connectivity index (χ2n) is 3.60. The third-order valence-electron chi connectivity index (χ3n) is 2.50. The quantitative estimate of drug-likeness (QED) is 0.588. The van der Waals surface area contributed by atoms with Gasteiger partial charge in [-0.05, 0) is 32.1 Å². The van der Waals surface area contributed by atoms with Gasteiger partial charge < -0.3 is 4.74 Å². The first-order valence-corrected chi connectivity index (χ1v) is 4.76. The van der Waals surface area contributed by atoms with Crippen molar-refractivity contribution in [3.63, 3.8) is 0 Å². The number of allylic oxidation sites excluding steroid dienone is 1. The zero-order chi connectivity index (χ0) is 8.39. The lowest BCUT2D eigenvalue weighted by atomic mass is 9.98. The molecule has 0 radical (unpaired) electrons. The normalized spacial score (nSPS) is 23.2. The number of ether oxygens (including phenoxy) is 1. The summed E-state index contributed by atoms with van der Waals surface area (Å²) >= 11 is 0. The second-order valence-corrected chi connectivity index (χ2v) is 3.60. The molecule has 0 bridgehead atoms. The third kappa shape index (κ3) is 1.87. The van der Waals surface area contributed by atoms with Gasteiger partial charge >= 0.3 is 5.97 Å². The summed E-state index contributed by atoms with van der Waals surface area (Å²) in [7, 11) is 0. The molecule has 2 nitrogen and oxygen atoms in total. The van der Waals surface area contributed by atoms with Crippen LogP contribution in [0.5, 0.6) is 0 Å². The molecule has 2 rings (SSSR count). The van der Waals surface area contributed by atoms with Crippen LogP contribution in [-0.4, -0.2) is 12.1 Å². The smallest absolute Gasteiger partial charge is 0.334 e. The summed E-state index contributed by atoms with van der Waals surface area (Å²) in [6.07, 6.45) is 8.87. The molecule has 66 valence electrons. The lowest BCUT2D eigenvalue weighted by Crippen LogP contribution is -2.20. The Hall–Kier alpha value is -0.790. The molecule has 0 aliphatic heterocycles. The first kappa shape index (κ1) is 7.84. The topological polar surface area (TPSA) is 26.3 Å². The summed E-state index contributed by atoms with van der Waals surface area (Å²) in [5, 5.41) is 0. The van der Waals surface area contributed by atoms with E-state index in [0.717, 1.165) is 24.8 Å². The van der Waals surface area contributed by atoms with Gasteiger partial charge in [-0.25, -0.2) is 4.79 Å². The highest BCUT2D eigenvalue weighted by atomic mass is 16.5. The van der Waals surface area contributed by atoms with Crippen LogP contribution in [0.4, 0.5) is 0 Å². The number of esters is 1. The average Bonchev–Trinajstić information content (AvgIpc) is 2.88. The molecule has 12 heavy (non-hydrogen) atoms. The lowest BCUT2D eigenvalue weighted by molar-refractivity contribution is -0.145. The molecule has 2 aliphatic rings. The molecule has 1 saturated carbocycles. The molecule has 0 amide bonds. The second kappa shape index (κ2) is 3.30. The zero-order valence-corrected chi connectivity index (χ0v) is 7.21. The van der Waals surface area contributed by atoms with E-state index in [1.807, 2.05) is 6.08 Å². The largest absolute Gasteiger partial charge is 0.459 e. The minimum Gasteiger partial charge on any atom is -0.459 e. The van der Waals surface area contributed by atoms with Crippen molar-refractivity contribution in [2.75, 3.05) is 0 Å². The Morgan fingerprint density at radius 1 is 1.33 bits per heavy atom. The van der Waals surface area contributed by atoms with Crippen LogP contribution in [0, 0.1) is 0 Å². The van der Waals surface area contributed by atoms with Gasteiger partial charge in [0.05, 0.1) is 0 Å². The predicted octanol–water partition coefficient (Wildman–Crippen LogP) is 2.19. The average molecular weight is 166 g/mol. The van der Waals surface area contributed by atoms with Crippen molar-refractivity contribution in [2.24, 2.45) is 0 Å². The van der Waals surface area contributed by atoms with Crippen LogP contribution in [-0.2, 0) is 9.53 Å². The Labute approximate surface area is 72.6 Å². The number of hydrogen-bond donors (Lipinski definition) is 0. The van der Waals surface area contributed by atoms with Crippen LogP contribution in [0.1, 0.15) is 38.5 Å². The number of hydrogen-bond acceptors (Lipinski definition) is 2. The van der Waals surface area contributed by atoms with Gasteiger partial charge in [0.25, 0.3) is 0 Å². The molecule has 0 spiro atoms. The Morgan fingerprint density at radius 2 is 2.00 bits per heavy atom.